The number of carboxylic acid groups (broad SMARTS) is 1. The summed E-state index contributed by atoms with van der Waals surface area (Å²) < 4.78 is 5.06. The van der Waals surface area contributed by atoms with Crippen LogP contribution in [0.4, 0.5) is 0 Å². The van der Waals surface area contributed by atoms with Gasteiger partial charge in [-0.05, 0) is 30.5 Å². The Morgan fingerprint density at radius 1 is 1.27 bits per heavy atom. The number of carbonyl (C=O) groups excluding carboxylic acids is 1. The van der Waals surface area contributed by atoms with Gasteiger partial charge in [-0.25, -0.2) is 4.79 Å². The number of aliphatic carboxylic acids is 1. The van der Waals surface area contributed by atoms with Crippen LogP contribution in [-0.2, 0) is 16.0 Å². The van der Waals surface area contributed by atoms with Gasteiger partial charge in [0, 0.05) is 12.5 Å². The molecule has 0 aliphatic carbocycles. The van der Waals surface area contributed by atoms with E-state index in [0.717, 1.165) is 31.2 Å². The SMILES string of the molecule is CCCCC(C)C(=O)NCCc1ccc(OCC(=O)O)cc1. The van der Waals surface area contributed by atoms with Gasteiger partial charge in [-0.15, -0.1) is 0 Å². The third kappa shape index (κ3) is 7.11. The Morgan fingerprint density at radius 2 is 1.95 bits per heavy atom. The Morgan fingerprint density at radius 3 is 2.55 bits per heavy atom. The van der Waals surface area contributed by atoms with Crippen molar-refractivity contribution in [1.82, 2.24) is 5.32 Å². The monoisotopic (exact) mass is 307 g/mol. The quantitative estimate of drug-likeness (QED) is 0.697. The first kappa shape index (κ1) is 18.0. The van der Waals surface area contributed by atoms with Crippen LogP contribution in [-0.4, -0.2) is 30.1 Å². The van der Waals surface area contributed by atoms with Crippen LogP contribution < -0.4 is 10.1 Å². The van der Waals surface area contributed by atoms with Crippen molar-refractivity contribution in [3.63, 3.8) is 0 Å². The van der Waals surface area contributed by atoms with Gasteiger partial charge < -0.3 is 15.2 Å². The summed E-state index contributed by atoms with van der Waals surface area (Å²) in [4.78, 5) is 22.3. The molecule has 0 saturated heterocycles. The molecule has 0 radical (unpaired) electrons. The fourth-order valence-corrected chi connectivity index (χ4v) is 2.04. The van der Waals surface area contributed by atoms with Gasteiger partial charge in [0.2, 0.25) is 5.91 Å². The minimum atomic E-state index is -0.996. The van der Waals surface area contributed by atoms with Gasteiger partial charge in [0.25, 0.3) is 0 Å². The second-order valence-corrected chi connectivity index (χ2v) is 5.41. The van der Waals surface area contributed by atoms with E-state index in [9.17, 15) is 9.59 Å². The van der Waals surface area contributed by atoms with E-state index < -0.39 is 5.97 Å². The first-order valence-electron chi connectivity index (χ1n) is 7.74. The molecule has 0 heterocycles. The number of carboxylic acids is 1. The summed E-state index contributed by atoms with van der Waals surface area (Å²) in [7, 11) is 0. The molecule has 0 fully saturated rings. The van der Waals surface area contributed by atoms with Gasteiger partial charge in [0.05, 0.1) is 0 Å². The fourth-order valence-electron chi connectivity index (χ4n) is 2.04. The topological polar surface area (TPSA) is 75.6 Å². The highest BCUT2D eigenvalue weighted by molar-refractivity contribution is 5.78. The molecule has 0 spiro atoms. The number of unbranched alkanes of at least 4 members (excludes halogenated alkanes) is 1. The molecule has 1 aromatic carbocycles. The molecule has 122 valence electrons. The molecule has 5 heteroatoms. The molecule has 1 amide bonds. The molecule has 1 unspecified atom stereocenters. The summed E-state index contributed by atoms with van der Waals surface area (Å²) in [5.41, 5.74) is 1.07. The van der Waals surface area contributed by atoms with E-state index in [4.69, 9.17) is 9.84 Å². The van der Waals surface area contributed by atoms with E-state index in [1.165, 1.54) is 0 Å². The number of ether oxygens (including phenoxy) is 1. The molecule has 1 rings (SSSR count). The van der Waals surface area contributed by atoms with Gasteiger partial charge in [-0.2, -0.15) is 0 Å². The zero-order valence-electron chi connectivity index (χ0n) is 13.3. The predicted octanol–water partition coefficient (Wildman–Crippen LogP) is 2.64. The van der Waals surface area contributed by atoms with Crippen molar-refractivity contribution in [3.8, 4) is 5.75 Å². The predicted molar refractivity (Wildman–Crippen MR) is 85.0 cm³/mol. The number of carbonyl (C=O) groups is 2. The normalized spacial score (nSPS) is 11.7. The summed E-state index contributed by atoms with van der Waals surface area (Å²) in [6.45, 7) is 4.34. The standard InChI is InChI=1S/C17H25NO4/c1-3-4-5-13(2)17(21)18-11-10-14-6-8-15(9-7-14)22-12-16(19)20/h6-9,13H,3-5,10-12H2,1-2H3,(H,18,21)(H,19,20). The van der Waals surface area contributed by atoms with Crippen LogP contribution in [0.25, 0.3) is 0 Å². The number of rotatable bonds is 10. The van der Waals surface area contributed by atoms with Gasteiger partial charge in [0.15, 0.2) is 6.61 Å². The molecule has 0 saturated carbocycles. The minimum absolute atomic E-state index is 0.0618. The van der Waals surface area contributed by atoms with Crippen molar-refractivity contribution in [2.75, 3.05) is 13.2 Å². The van der Waals surface area contributed by atoms with E-state index in [1.54, 1.807) is 12.1 Å². The van der Waals surface area contributed by atoms with Gasteiger partial charge in [-0.1, -0.05) is 38.8 Å². The van der Waals surface area contributed by atoms with Gasteiger partial charge >= 0.3 is 5.97 Å². The molecule has 1 atom stereocenters. The summed E-state index contributed by atoms with van der Waals surface area (Å²) >= 11 is 0. The minimum Gasteiger partial charge on any atom is -0.482 e. The fraction of sp³-hybridized carbons (Fsp3) is 0.529. The largest absolute Gasteiger partial charge is 0.482 e. The highest BCUT2D eigenvalue weighted by atomic mass is 16.5. The van der Waals surface area contributed by atoms with Crippen molar-refractivity contribution in [2.24, 2.45) is 5.92 Å². The number of benzene rings is 1. The Bertz CT molecular complexity index is 470. The lowest BCUT2D eigenvalue weighted by Gasteiger charge is -2.11. The Kier molecular flexibility index (Phi) is 8.04. The summed E-state index contributed by atoms with van der Waals surface area (Å²) in [5, 5.41) is 11.5. The van der Waals surface area contributed by atoms with E-state index in [-0.39, 0.29) is 18.4 Å². The molecule has 0 bridgehead atoms. The second-order valence-electron chi connectivity index (χ2n) is 5.41. The molecular weight excluding hydrogens is 282 g/mol. The summed E-state index contributed by atoms with van der Waals surface area (Å²) in [6, 6.07) is 7.24. The summed E-state index contributed by atoms with van der Waals surface area (Å²) in [6.07, 6.45) is 3.85. The number of nitrogens with one attached hydrogen (secondary N) is 1. The van der Waals surface area contributed by atoms with Crippen LogP contribution in [0.5, 0.6) is 5.75 Å². The number of amides is 1. The first-order chi connectivity index (χ1) is 10.5. The lowest BCUT2D eigenvalue weighted by Crippen LogP contribution is -2.30. The zero-order valence-corrected chi connectivity index (χ0v) is 13.3. The van der Waals surface area contributed by atoms with E-state index in [0.29, 0.717) is 12.3 Å². The van der Waals surface area contributed by atoms with Crippen molar-refractivity contribution in [3.05, 3.63) is 29.8 Å². The van der Waals surface area contributed by atoms with Crippen LogP contribution in [0.15, 0.2) is 24.3 Å². The summed E-state index contributed by atoms with van der Waals surface area (Å²) in [5.74, 6) is -0.297. The van der Waals surface area contributed by atoms with Crippen LogP contribution >= 0.6 is 0 Å². The van der Waals surface area contributed by atoms with E-state index in [2.05, 4.69) is 12.2 Å². The first-order valence-corrected chi connectivity index (χ1v) is 7.74. The molecule has 0 aromatic heterocycles. The highest BCUT2D eigenvalue weighted by Crippen LogP contribution is 2.12. The maximum atomic E-state index is 11.9. The maximum Gasteiger partial charge on any atom is 0.341 e. The van der Waals surface area contributed by atoms with Crippen LogP contribution in [0.1, 0.15) is 38.7 Å². The van der Waals surface area contributed by atoms with Crippen LogP contribution in [0, 0.1) is 5.92 Å². The highest BCUT2D eigenvalue weighted by Gasteiger charge is 2.11. The molecule has 5 nitrogen and oxygen atoms in total. The molecule has 0 aliphatic heterocycles. The molecule has 2 N–H and O–H groups in total. The van der Waals surface area contributed by atoms with Crippen molar-refractivity contribution in [1.29, 1.82) is 0 Å². The second kappa shape index (κ2) is 9.82. The van der Waals surface area contributed by atoms with Crippen LogP contribution in [0.3, 0.4) is 0 Å². The van der Waals surface area contributed by atoms with Crippen molar-refractivity contribution in [2.45, 2.75) is 39.5 Å². The Labute approximate surface area is 131 Å². The molecule has 22 heavy (non-hydrogen) atoms. The number of hydrogen-bond donors (Lipinski definition) is 2. The van der Waals surface area contributed by atoms with Gasteiger partial charge in [0.1, 0.15) is 5.75 Å². The number of hydrogen-bond acceptors (Lipinski definition) is 3. The third-order valence-electron chi connectivity index (χ3n) is 3.44. The third-order valence-corrected chi connectivity index (χ3v) is 3.44. The molecule has 0 aliphatic rings. The van der Waals surface area contributed by atoms with Gasteiger partial charge in [-0.3, -0.25) is 4.79 Å². The van der Waals surface area contributed by atoms with Crippen molar-refractivity contribution >= 4 is 11.9 Å². The lowest BCUT2D eigenvalue weighted by atomic mass is 10.0. The van der Waals surface area contributed by atoms with Crippen LogP contribution in [0.2, 0.25) is 0 Å². The Balaban J connectivity index is 2.30. The lowest BCUT2D eigenvalue weighted by molar-refractivity contribution is -0.139. The van der Waals surface area contributed by atoms with E-state index >= 15 is 0 Å². The van der Waals surface area contributed by atoms with E-state index in [1.807, 2.05) is 19.1 Å². The average molecular weight is 307 g/mol. The average Bonchev–Trinajstić information content (AvgIpc) is 2.51. The van der Waals surface area contributed by atoms with Crippen molar-refractivity contribution < 1.29 is 19.4 Å². The maximum absolute atomic E-state index is 11.9. The smallest absolute Gasteiger partial charge is 0.341 e. The Hall–Kier alpha value is -2.04. The molecule has 1 aromatic rings. The molecular formula is C17H25NO4. The zero-order chi connectivity index (χ0) is 16.4.